The van der Waals surface area contributed by atoms with Crippen molar-refractivity contribution in [3.05, 3.63) is 63.5 Å². The molecule has 6 nitrogen and oxygen atoms in total. The number of hydrogen-bond donors (Lipinski definition) is 1. The Kier molecular flexibility index (Phi) is 5.53. The minimum atomic E-state index is -0.366. The van der Waals surface area contributed by atoms with Crippen molar-refractivity contribution in [2.24, 2.45) is 7.05 Å². The van der Waals surface area contributed by atoms with Crippen LogP contribution in [0.3, 0.4) is 0 Å². The molecule has 1 saturated heterocycles. The van der Waals surface area contributed by atoms with Gasteiger partial charge in [0.05, 0.1) is 16.8 Å². The zero-order valence-corrected chi connectivity index (χ0v) is 17.1. The summed E-state index contributed by atoms with van der Waals surface area (Å²) in [6, 6.07) is 12.6. The maximum absolute atomic E-state index is 13.2. The number of nitrogens with one attached hydrogen (secondary N) is 1. The number of nitrogens with zero attached hydrogens (tertiary/aromatic N) is 3. The van der Waals surface area contributed by atoms with Gasteiger partial charge in [0, 0.05) is 30.5 Å². The summed E-state index contributed by atoms with van der Waals surface area (Å²) >= 11 is 6.23. The summed E-state index contributed by atoms with van der Waals surface area (Å²) in [6.45, 7) is 1.90. The standard InChI is InChI=1S/C22H23ClN4O2/c1-26-22(29)17-9-5-4-8-16(17)20(25-26)21(28)24-18-14-15(23)10-11-19(18)27-12-6-2-3-7-13-27/h4-5,8-11,14H,2-3,6-7,12-13H2,1H3,(H,24,28). The largest absolute Gasteiger partial charge is 0.370 e. The fraction of sp³-hybridized carbons (Fsp3) is 0.318. The molecule has 0 saturated carbocycles. The van der Waals surface area contributed by atoms with E-state index in [1.54, 1.807) is 37.4 Å². The summed E-state index contributed by atoms with van der Waals surface area (Å²) in [6.07, 6.45) is 4.70. The van der Waals surface area contributed by atoms with E-state index in [1.165, 1.54) is 17.5 Å². The van der Waals surface area contributed by atoms with Gasteiger partial charge in [-0.3, -0.25) is 9.59 Å². The van der Waals surface area contributed by atoms with Crippen LogP contribution in [0.1, 0.15) is 36.2 Å². The maximum Gasteiger partial charge on any atom is 0.276 e. The molecule has 29 heavy (non-hydrogen) atoms. The van der Waals surface area contributed by atoms with E-state index in [-0.39, 0.29) is 17.2 Å². The van der Waals surface area contributed by atoms with Crippen molar-refractivity contribution in [3.8, 4) is 0 Å². The van der Waals surface area contributed by atoms with Crippen molar-refractivity contribution in [2.45, 2.75) is 25.7 Å². The molecule has 0 atom stereocenters. The van der Waals surface area contributed by atoms with Crippen molar-refractivity contribution in [2.75, 3.05) is 23.3 Å². The van der Waals surface area contributed by atoms with Crippen LogP contribution in [0.4, 0.5) is 11.4 Å². The number of halogens is 1. The zero-order chi connectivity index (χ0) is 20.4. The number of aryl methyl sites for hydroxylation is 1. The second-order valence-electron chi connectivity index (χ2n) is 7.34. The van der Waals surface area contributed by atoms with Crippen LogP contribution in [0.2, 0.25) is 5.02 Å². The van der Waals surface area contributed by atoms with E-state index in [4.69, 9.17) is 11.6 Å². The van der Waals surface area contributed by atoms with Gasteiger partial charge in [0.2, 0.25) is 0 Å². The smallest absolute Gasteiger partial charge is 0.276 e. The van der Waals surface area contributed by atoms with Gasteiger partial charge >= 0.3 is 0 Å². The van der Waals surface area contributed by atoms with Gasteiger partial charge in [0.1, 0.15) is 0 Å². The second kappa shape index (κ2) is 8.25. The van der Waals surface area contributed by atoms with Crippen molar-refractivity contribution >= 4 is 39.7 Å². The summed E-state index contributed by atoms with van der Waals surface area (Å²) in [4.78, 5) is 27.8. The van der Waals surface area contributed by atoms with Gasteiger partial charge in [-0.2, -0.15) is 5.10 Å². The first kappa shape index (κ1) is 19.5. The molecule has 1 N–H and O–H groups in total. The Morgan fingerprint density at radius 1 is 1.03 bits per heavy atom. The number of carbonyl (C=O) groups is 1. The van der Waals surface area contributed by atoms with Crippen molar-refractivity contribution in [1.29, 1.82) is 0 Å². The van der Waals surface area contributed by atoms with Crippen LogP contribution in [-0.2, 0) is 7.05 Å². The molecule has 0 bridgehead atoms. The van der Waals surface area contributed by atoms with E-state index < -0.39 is 0 Å². The van der Waals surface area contributed by atoms with Gasteiger partial charge in [-0.05, 0) is 37.1 Å². The van der Waals surface area contributed by atoms with Crippen LogP contribution in [0.5, 0.6) is 0 Å². The molecule has 4 rings (SSSR count). The third-order valence-electron chi connectivity index (χ3n) is 5.33. The first-order chi connectivity index (χ1) is 14.0. The van der Waals surface area contributed by atoms with Gasteiger partial charge in [-0.15, -0.1) is 0 Å². The predicted octanol–water partition coefficient (Wildman–Crippen LogP) is 4.22. The number of benzene rings is 2. The lowest BCUT2D eigenvalue weighted by Gasteiger charge is -2.25. The molecule has 1 aliphatic heterocycles. The number of rotatable bonds is 3. The Balaban J connectivity index is 1.73. The SMILES string of the molecule is Cn1nc(C(=O)Nc2cc(Cl)ccc2N2CCCCCC2)c2ccccc2c1=O. The number of amides is 1. The van der Waals surface area contributed by atoms with E-state index >= 15 is 0 Å². The van der Waals surface area contributed by atoms with Gasteiger partial charge < -0.3 is 10.2 Å². The Hall–Kier alpha value is -2.86. The summed E-state index contributed by atoms with van der Waals surface area (Å²) in [7, 11) is 1.55. The molecule has 2 heterocycles. The third kappa shape index (κ3) is 3.98. The average Bonchev–Trinajstić information content (AvgIpc) is 3.00. The Bertz CT molecular complexity index is 1120. The molecular formula is C22H23ClN4O2. The maximum atomic E-state index is 13.2. The highest BCUT2D eigenvalue weighted by Crippen LogP contribution is 2.31. The van der Waals surface area contributed by atoms with Crippen LogP contribution < -0.4 is 15.8 Å². The quantitative estimate of drug-likeness (QED) is 0.702. The highest BCUT2D eigenvalue weighted by atomic mass is 35.5. The fourth-order valence-electron chi connectivity index (χ4n) is 3.84. The first-order valence-electron chi connectivity index (χ1n) is 9.86. The van der Waals surface area contributed by atoms with Gasteiger partial charge in [-0.25, -0.2) is 4.68 Å². The normalized spacial score (nSPS) is 14.6. The van der Waals surface area contributed by atoms with E-state index in [9.17, 15) is 9.59 Å². The lowest BCUT2D eigenvalue weighted by atomic mass is 10.1. The topological polar surface area (TPSA) is 67.2 Å². The van der Waals surface area contributed by atoms with Crippen LogP contribution in [0.25, 0.3) is 10.8 Å². The average molecular weight is 411 g/mol. The van der Waals surface area contributed by atoms with E-state index in [1.807, 2.05) is 12.1 Å². The Morgan fingerprint density at radius 2 is 1.72 bits per heavy atom. The van der Waals surface area contributed by atoms with E-state index in [0.29, 0.717) is 21.5 Å². The van der Waals surface area contributed by atoms with E-state index in [0.717, 1.165) is 31.6 Å². The Morgan fingerprint density at radius 3 is 2.45 bits per heavy atom. The monoisotopic (exact) mass is 410 g/mol. The lowest BCUT2D eigenvalue weighted by molar-refractivity contribution is 0.102. The van der Waals surface area contributed by atoms with Gasteiger partial charge in [-0.1, -0.05) is 42.6 Å². The molecule has 1 fully saturated rings. The first-order valence-corrected chi connectivity index (χ1v) is 10.2. The number of carbonyl (C=O) groups excluding carboxylic acids is 1. The summed E-state index contributed by atoms with van der Waals surface area (Å²) in [5.74, 6) is -0.366. The molecule has 3 aromatic rings. The number of hydrogen-bond acceptors (Lipinski definition) is 4. The molecule has 1 amide bonds. The molecule has 0 spiro atoms. The summed E-state index contributed by atoms with van der Waals surface area (Å²) in [5, 5.41) is 8.76. The fourth-order valence-corrected chi connectivity index (χ4v) is 4.02. The second-order valence-corrected chi connectivity index (χ2v) is 7.78. The third-order valence-corrected chi connectivity index (χ3v) is 5.56. The lowest BCUT2D eigenvalue weighted by Crippen LogP contribution is -2.27. The molecule has 2 aromatic carbocycles. The highest BCUT2D eigenvalue weighted by Gasteiger charge is 2.19. The molecular weight excluding hydrogens is 388 g/mol. The van der Waals surface area contributed by atoms with Gasteiger partial charge in [0.25, 0.3) is 11.5 Å². The molecule has 1 aliphatic rings. The molecule has 1 aromatic heterocycles. The molecule has 7 heteroatoms. The van der Waals surface area contributed by atoms with E-state index in [2.05, 4.69) is 15.3 Å². The molecule has 0 radical (unpaired) electrons. The van der Waals surface area contributed by atoms with Crippen LogP contribution in [0.15, 0.2) is 47.3 Å². The van der Waals surface area contributed by atoms with Crippen LogP contribution in [0, 0.1) is 0 Å². The zero-order valence-electron chi connectivity index (χ0n) is 16.3. The summed E-state index contributed by atoms with van der Waals surface area (Å²) < 4.78 is 1.20. The van der Waals surface area contributed by atoms with Crippen molar-refractivity contribution in [3.63, 3.8) is 0 Å². The molecule has 150 valence electrons. The van der Waals surface area contributed by atoms with Crippen molar-refractivity contribution < 1.29 is 4.79 Å². The van der Waals surface area contributed by atoms with Crippen LogP contribution in [-0.4, -0.2) is 28.8 Å². The number of anilines is 2. The minimum Gasteiger partial charge on any atom is -0.370 e. The van der Waals surface area contributed by atoms with Crippen molar-refractivity contribution in [1.82, 2.24) is 9.78 Å². The van der Waals surface area contributed by atoms with Crippen LogP contribution >= 0.6 is 11.6 Å². The minimum absolute atomic E-state index is 0.212. The number of aromatic nitrogens is 2. The Labute approximate surface area is 174 Å². The van der Waals surface area contributed by atoms with Gasteiger partial charge in [0.15, 0.2) is 5.69 Å². The molecule has 0 unspecified atom stereocenters. The predicted molar refractivity (Wildman–Crippen MR) is 117 cm³/mol. The number of fused-ring (bicyclic) bond motifs is 1. The highest BCUT2D eigenvalue weighted by molar-refractivity contribution is 6.31. The molecule has 0 aliphatic carbocycles. The summed E-state index contributed by atoms with van der Waals surface area (Å²) in [5.41, 5.74) is 1.59.